The van der Waals surface area contributed by atoms with E-state index in [1.165, 1.54) is 6.21 Å². The van der Waals surface area contributed by atoms with Crippen LogP contribution in [0.2, 0.25) is 10.0 Å². The topological polar surface area (TPSA) is 68.2 Å². The minimum Gasteiger partial charge on any atom is -0.490 e. The summed E-state index contributed by atoms with van der Waals surface area (Å²) >= 11 is 12.2. The molecule has 2 aromatic carbocycles. The molecule has 2 aromatic rings. The average molecular weight is 511 g/mol. The van der Waals surface area contributed by atoms with Gasteiger partial charge in [-0.3, -0.25) is 9.59 Å². The Morgan fingerprint density at radius 2 is 1.71 bits per heavy atom. The number of ether oxygens (including phenoxy) is 2. The Kier molecular flexibility index (Phi) is 5.42. The smallest absolute Gasteiger partial charge is 0.254 e. The van der Waals surface area contributed by atoms with Crippen LogP contribution in [0.5, 0.6) is 11.5 Å². The standard InChI is InChI=1S/C27H24Cl2N2O4/c1-2-34-22-11-15(3-8-21(22)35-14-16-4-5-17(28)12-20(16)29)13-30-31-25(32)23-18-6-7-19(24(23)26(31)33)27(18)9-10-27/h3-8,11-13,18-19,23-24H,2,9-10,14H2,1H3/b30-13-/t18-,19-,23-,24+/m1/s1. The lowest BCUT2D eigenvalue weighted by molar-refractivity contribution is -0.141. The van der Waals surface area contributed by atoms with Crippen LogP contribution in [0.25, 0.3) is 0 Å². The van der Waals surface area contributed by atoms with Crippen LogP contribution in [0.3, 0.4) is 0 Å². The Bertz CT molecular complexity index is 1250. The summed E-state index contributed by atoms with van der Waals surface area (Å²) in [5.74, 6) is 0.589. The summed E-state index contributed by atoms with van der Waals surface area (Å²) in [4.78, 5) is 26.2. The van der Waals surface area contributed by atoms with Gasteiger partial charge in [0.1, 0.15) is 6.61 Å². The van der Waals surface area contributed by atoms with Crippen molar-refractivity contribution in [2.45, 2.75) is 26.4 Å². The number of fused-ring (bicyclic) bond motifs is 3. The van der Waals surface area contributed by atoms with E-state index in [0.717, 1.165) is 23.4 Å². The van der Waals surface area contributed by atoms with E-state index in [0.29, 0.717) is 33.7 Å². The van der Waals surface area contributed by atoms with Gasteiger partial charge in [-0.15, -0.1) is 0 Å². The van der Waals surface area contributed by atoms with Crippen LogP contribution in [0.15, 0.2) is 53.7 Å². The Hall–Kier alpha value is -2.83. The fourth-order valence-corrected chi connectivity index (χ4v) is 6.55. The molecule has 0 radical (unpaired) electrons. The molecule has 3 fully saturated rings. The van der Waals surface area contributed by atoms with Gasteiger partial charge in [0.25, 0.3) is 11.8 Å². The molecule has 6 rings (SSSR count). The summed E-state index contributed by atoms with van der Waals surface area (Å²) in [5, 5.41) is 6.47. The van der Waals surface area contributed by atoms with Crippen molar-refractivity contribution in [1.82, 2.24) is 5.01 Å². The fraction of sp³-hybridized carbons (Fsp3) is 0.370. The number of carbonyl (C=O) groups excluding carboxylic acids is 2. The molecule has 1 heterocycles. The molecule has 1 spiro atoms. The lowest BCUT2D eigenvalue weighted by Gasteiger charge is -2.18. The van der Waals surface area contributed by atoms with Crippen molar-refractivity contribution >= 4 is 41.2 Å². The number of benzene rings is 2. The third-order valence-corrected chi connectivity index (χ3v) is 8.40. The molecule has 1 saturated heterocycles. The molecule has 4 atom stereocenters. The maximum absolute atomic E-state index is 13.1. The quantitative estimate of drug-likeness (QED) is 0.280. The van der Waals surface area contributed by atoms with Crippen molar-refractivity contribution in [3.05, 3.63) is 69.7 Å². The Balaban J connectivity index is 1.18. The molecule has 1 aliphatic heterocycles. The van der Waals surface area contributed by atoms with Gasteiger partial charge in [0, 0.05) is 15.6 Å². The molecule has 0 aromatic heterocycles. The number of hydrogen-bond donors (Lipinski definition) is 0. The SMILES string of the molecule is CCOc1cc(/C=N\N2C(=O)[C@@H]3[C@H](C2=O)[C@H]2C=C[C@H]3C23CC3)ccc1OCc1ccc(Cl)cc1Cl. The first-order chi connectivity index (χ1) is 16.9. The van der Waals surface area contributed by atoms with E-state index in [1.54, 1.807) is 30.3 Å². The fourth-order valence-electron chi connectivity index (χ4n) is 6.09. The summed E-state index contributed by atoms with van der Waals surface area (Å²) in [5.41, 5.74) is 1.68. The van der Waals surface area contributed by atoms with Gasteiger partial charge >= 0.3 is 0 Å². The van der Waals surface area contributed by atoms with Crippen LogP contribution in [-0.2, 0) is 16.2 Å². The predicted octanol–water partition coefficient (Wildman–Crippen LogP) is 5.50. The van der Waals surface area contributed by atoms with Gasteiger partial charge in [0.2, 0.25) is 0 Å². The van der Waals surface area contributed by atoms with Crippen LogP contribution in [-0.4, -0.2) is 29.6 Å². The molecule has 6 nitrogen and oxygen atoms in total. The Morgan fingerprint density at radius 3 is 2.34 bits per heavy atom. The van der Waals surface area contributed by atoms with E-state index in [-0.39, 0.29) is 47.5 Å². The number of halogens is 2. The van der Waals surface area contributed by atoms with Crippen molar-refractivity contribution in [1.29, 1.82) is 0 Å². The van der Waals surface area contributed by atoms with Gasteiger partial charge in [0.05, 0.1) is 24.7 Å². The normalized spacial score (nSPS) is 27.3. The minimum atomic E-state index is -0.258. The Labute approximate surface area is 213 Å². The van der Waals surface area contributed by atoms with Crippen LogP contribution in [0.4, 0.5) is 0 Å². The molecule has 8 heteroatoms. The van der Waals surface area contributed by atoms with Crippen molar-refractivity contribution in [3.8, 4) is 11.5 Å². The highest BCUT2D eigenvalue weighted by atomic mass is 35.5. The van der Waals surface area contributed by atoms with Gasteiger partial charge < -0.3 is 9.47 Å². The van der Waals surface area contributed by atoms with Crippen LogP contribution in [0.1, 0.15) is 30.9 Å². The molecular weight excluding hydrogens is 487 g/mol. The third-order valence-electron chi connectivity index (χ3n) is 7.82. The second-order valence-electron chi connectivity index (χ2n) is 9.62. The van der Waals surface area contributed by atoms with E-state index in [4.69, 9.17) is 32.7 Å². The number of nitrogens with zero attached hydrogens (tertiary/aromatic N) is 2. The third kappa shape index (κ3) is 3.57. The second-order valence-corrected chi connectivity index (χ2v) is 10.5. The number of carbonyl (C=O) groups is 2. The maximum Gasteiger partial charge on any atom is 0.254 e. The first kappa shape index (κ1) is 22.6. The summed E-state index contributed by atoms with van der Waals surface area (Å²) in [7, 11) is 0. The van der Waals surface area contributed by atoms with Gasteiger partial charge in [-0.05, 0) is 72.9 Å². The molecule has 35 heavy (non-hydrogen) atoms. The number of imide groups is 1. The van der Waals surface area contributed by atoms with Gasteiger partial charge in [-0.25, -0.2) is 0 Å². The van der Waals surface area contributed by atoms with Crippen molar-refractivity contribution in [3.63, 3.8) is 0 Å². The zero-order valence-electron chi connectivity index (χ0n) is 19.1. The number of hydrogen-bond acceptors (Lipinski definition) is 5. The molecule has 180 valence electrons. The molecule has 2 bridgehead atoms. The van der Waals surface area contributed by atoms with Crippen molar-refractivity contribution < 1.29 is 19.1 Å². The zero-order valence-corrected chi connectivity index (χ0v) is 20.6. The summed E-state index contributed by atoms with van der Waals surface area (Å²) in [6, 6.07) is 10.6. The largest absolute Gasteiger partial charge is 0.490 e. The molecule has 4 aliphatic rings. The van der Waals surface area contributed by atoms with Crippen LogP contribution < -0.4 is 9.47 Å². The lowest BCUT2D eigenvalue weighted by Crippen LogP contribution is -2.30. The van der Waals surface area contributed by atoms with E-state index >= 15 is 0 Å². The highest BCUT2D eigenvalue weighted by Gasteiger charge is 2.73. The Morgan fingerprint density at radius 1 is 1.00 bits per heavy atom. The van der Waals surface area contributed by atoms with Crippen molar-refractivity contribution in [2.75, 3.05) is 6.61 Å². The van der Waals surface area contributed by atoms with Gasteiger partial charge in [-0.2, -0.15) is 10.1 Å². The van der Waals surface area contributed by atoms with E-state index in [9.17, 15) is 9.59 Å². The highest BCUT2D eigenvalue weighted by molar-refractivity contribution is 6.35. The maximum atomic E-state index is 13.1. The van der Waals surface area contributed by atoms with Crippen molar-refractivity contribution in [2.24, 2.45) is 34.2 Å². The van der Waals surface area contributed by atoms with Gasteiger partial charge in [-0.1, -0.05) is 41.4 Å². The first-order valence-corrected chi connectivity index (χ1v) is 12.6. The first-order valence-electron chi connectivity index (χ1n) is 11.9. The number of amides is 2. The van der Waals surface area contributed by atoms with E-state index in [2.05, 4.69) is 17.3 Å². The molecule has 2 amide bonds. The van der Waals surface area contributed by atoms with Crippen LogP contribution in [0, 0.1) is 29.1 Å². The highest BCUT2D eigenvalue weighted by Crippen LogP contribution is 2.73. The molecule has 0 N–H and O–H groups in total. The monoisotopic (exact) mass is 510 g/mol. The molecule has 3 aliphatic carbocycles. The lowest BCUT2D eigenvalue weighted by atomic mass is 9.85. The molecular formula is C27H24Cl2N2O4. The predicted molar refractivity (Wildman–Crippen MR) is 133 cm³/mol. The number of rotatable bonds is 7. The summed E-state index contributed by atoms with van der Waals surface area (Å²) in [6.45, 7) is 2.58. The van der Waals surface area contributed by atoms with E-state index in [1.807, 2.05) is 13.0 Å². The summed E-state index contributed by atoms with van der Waals surface area (Å²) < 4.78 is 11.7. The van der Waals surface area contributed by atoms with E-state index < -0.39 is 0 Å². The number of hydrazone groups is 1. The minimum absolute atomic E-state index is 0.176. The summed E-state index contributed by atoms with van der Waals surface area (Å²) in [6.07, 6.45) is 8.07. The molecule has 2 saturated carbocycles. The average Bonchev–Trinajstić information content (AvgIpc) is 3.44. The zero-order chi connectivity index (χ0) is 24.3. The van der Waals surface area contributed by atoms with Gasteiger partial charge in [0.15, 0.2) is 11.5 Å². The number of allylic oxidation sites excluding steroid dienone is 2. The van der Waals surface area contributed by atoms with Crippen LogP contribution >= 0.6 is 23.2 Å². The molecule has 0 unspecified atom stereocenters. The second kappa shape index (κ2) is 8.38.